The number of amides is 1. The number of benzene rings is 2. The molecule has 0 aliphatic heterocycles. The van der Waals surface area contributed by atoms with Gasteiger partial charge in [-0.1, -0.05) is 55.5 Å². The lowest BCUT2D eigenvalue weighted by Gasteiger charge is -2.30. The van der Waals surface area contributed by atoms with E-state index in [0.29, 0.717) is 30.4 Å². The van der Waals surface area contributed by atoms with Crippen molar-refractivity contribution in [2.45, 2.75) is 37.0 Å². The molecule has 1 amide bonds. The van der Waals surface area contributed by atoms with Crippen LogP contribution >= 0.6 is 0 Å². The molecular weight excluding hydrogens is 333 g/mol. The van der Waals surface area contributed by atoms with Crippen molar-refractivity contribution in [1.29, 1.82) is 0 Å². The fourth-order valence-corrected chi connectivity index (χ4v) is 3.53. The summed E-state index contributed by atoms with van der Waals surface area (Å²) in [6.07, 6.45) is 1.47. The summed E-state index contributed by atoms with van der Waals surface area (Å²) in [7, 11) is 0. The number of carboxylic acids is 1. The van der Waals surface area contributed by atoms with Crippen molar-refractivity contribution >= 4 is 11.9 Å². The molecule has 136 valence electrons. The molecule has 0 radical (unpaired) electrons. The zero-order valence-electron chi connectivity index (χ0n) is 14.7. The van der Waals surface area contributed by atoms with E-state index in [0.717, 1.165) is 0 Å². The molecule has 0 saturated heterocycles. The van der Waals surface area contributed by atoms with Crippen LogP contribution in [-0.2, 0) is 20.4 Å². The molecule has 0 bridgehead atoms. The third kappa shape index (κ3) is 2.98. The minimum Gasteiger partial charge on any atom is -0.481 e. The third-order valence-electron chi connectivity index (χ3n) is 5.46. The van der Waals surface area contributed by atoms with Crippen LogP contribution in [0.2, 0.25) is 0 Å². The van der Waals surface area contributed by atoms with E-state index in [2.05, 4.69) is 5.32 Å². The van der Waals surface area contributed by atoms with Crippen LogP contribution in [0.5, 0.6) is 0 Å². The zero-order valence-corrected chi connectivity index (χ0v) is 14.7. The Morgan fingerprint density at radius 1 is 1.12 bits per heavy atom. The van der Waals surface area contributed by atoms with Gasteiger partial charge in [0.2, 0.25) is 5.91 Å². The average Bonchev–Trinajstić information content (AvgIpc) is 3.45. The van der Waals surface area contributed by atoms with Gasteiger partial charge in [-0.2, -0.15) is 0 Å². The molecular formula is C21H22FNO3. The second kappa shape index (κ2) is 6.90. The van der Waals surface area contributed by atoms with Gasteiger partial charge in [-0.25, -0.2) is 4.39 Å². The molecule has 3 rings (SSSR count). The number of aliphatic carboxylic acids is 1. The number of nitrogens with one attached hydrogen (secondary N) is 1. The minimum absolute atomic E-state index is 0.0299. The molecule has 1 fully saturated rings. The van der Waals surface area contributed by atoms with Gasteiger partial charge in [-0.15, -0.1) is 0 Å². The summed E-state index contributed by atoms with van der Waals surface area (Å²) in [5.74, 6) is -1.69. The standard InChI is InChI=1S/C21H22FNO3/c1-2-20(19(25)26,15-8-4-3-5-9-15)14-23-18(24)21(12-13-21)16-10-6-7-11-17(16)22/h3-11H,2,12-14H2,1H3,(H,23,24)(H,25,26). The van der Waals surface area contributed by atoms with Gasteiger partial charge in [0.1, 0.15) is 11.2 Å². The minimum atomic E-state index is -1.21. The number of carboxylic acid groups (broad SMARTS) is 1. The number of rotatable bonds is 7. The fourth-order valence-electron chi connectivity index (χ4n) is 3.53. The van der Waals surface area contributed by atoms with Crippen LogP contribution in [0.1, 0.15) is 37.3 Å². The maximum absolute atomic E-state index is 14.1. The van der Waals surface area contributed by atoms with Crippen molar-refractivity contribution < 1.29 is 19.1 Å². The Morgan fingerprint density at radius 3 is 2.27 bits per heavy atom. The van der Waals surface area contributed by atoms with E-state index in [9.17, 15) is 19.1 Å². The number of hydrogen-bond acceptors (Lipinski definition) is 2. The summed E-state index contributed by atoms with van der Waals surface area (Å²) in [5, 5.41) is 12.7. The fraction of sp³-hybridized carbons (Fsp3) is 0.333. The highest BCUT2D eigenvalue weighted by Gasteiger charge is 2.53. The van der Waals surface area contributed by atoms with Gasteiger partial charge in [-0.05, 0) is 30.9 Å². The van der Waals surface area contributed by atoms with Crippen molar-refractivity contribution in [1.82, 2.24) is 5.32 Å². The molecule has 1 saturated carbocycles. The van der Waals surface area contributed by atoms with Crippen LogP contribution < -0.4 is 5.32 Å². The van der Waals surface area contributed by atoms with Gasteiger partial charge in [0.25, 0.3) is 0 Å². The Bertz CT molecular complexity index is 817. The van der Waals surface area contributed by atoms with E-state index in [-0.39, 0.29) is 12.5 Å². The second-order valence-electron chi connectivity index (χ2n) is 6.85. The summed E-state index contributed by atoms with van der Waals surface area (Å²) >= 11 is 0. The van der Waals surface area contributed by atoms with Crippen LogP contribution in [0.4, 0.5) is 4.39 Å². The normalized spacial score (nSPS) is 17.2. The third-order valence-corrected chi connectivity index (χ3v) is 5.46. The smallest absolute Gasteiger partial charge is 0.315 e. The molecule has 2 aromatic rings. The summed E-state index contributed by atoms with van der Waals surface area (Å²) < 4.78 is 14.1. The van der Waals surface area contributed by atoms with Gasteiger partial charge in [0, 0.05) is 12.1 Å². The van der Waals surface area contributed by atoms with Crippen molar-refractivity contribution in [2.75, 3.05) is 6.54 Å². The summed E-state index contributed by atoms with van der Waals surface area (Å²) in [6.45, 7) is 1.76. The van der Waals surface area contributed by atoms with Crippen molar-refractivity contribution in [3.05, 3.63) is 71.5 Å². The van der Waals surface area contributed by atoms with Gasteiger partial charge in [-0.3, -0.25) is 9.59 Å². The Morgan fingerprint density at radius 2 is 1.73 bits per heavy atom. The van der Waals surface area contributed by atoms with Gasteiger partial charge in [0.15, 0.2) is 0 Å². The monoisotopic (exact) mass is 355 g/mol. The maximum Gasteiger partial charge on any atom is 0.315 e. The van der Waals surface area contributed by atoms with E-state index in [4.69, 9.17) is 0 Å². The zero-order chi connectivity index (χ0) is 18.8. The first-order valence-corrected chi connectivity index (χ1v) is 8.78. The molecule has 4 nitrogen and oxygen atoms in total. The highest BCUT2D eigenvalue weighted by atomic mass is 19.1. The van der Waals surface area contributed by atoms with E-state index in [1.165, 1.54) is 6.07 Å². The first-order chi connectivity index (χ1) is 12.5. The Balaban J connectivity index is 1.83. The van der Waals surface area contributed by atoms with Gasteiger partial charge < -0.3 is 10.4 Å². The average molecular weight is 355 g/mol. The summed E-state index contributed by atoms with van der Waals surface area (Å²) in [6, 6.07) is 15.2. The van der Waals surface area contributed by atoms with Crippen LogP contribution in [0.25, 0.3) is 0 Å². The Kier molecular flexibility index (Phi) is 4.81. The van der Waals surface area contributed by atoms with E-state index >= 15 is 0 Å². The topological polar surface area (TPSA) is 66.4 Å². The molecule has 1 aliphatic rings. The van der Waals surface area contributed by atoms with Crippen LogP contribution in [0.3, 0.4) is 0 Å². The predicted octanol–water partition coefficient (Wildman–Crippen LogP) is 3.41. The molecule has 0 heterocycles. The Hall–Kier alpha value is -2.69. The van der Waals surface area contributed by atoms with Gasteiger partial charge >= 0.3 is 5.97 Å². The highest BCUT2D eigenvalue weighted by Crippen LogP contribution is 2.49. The second-order valence-corrected chi connectivity index (χ2v) is 6.85. The van der Waals surface area contributed by atoms with E-state index < -0.39 is 22.6 Å². The summed E-state index contributed by atoms with van der Waals surface area (Å²) in [5.41, 5.74) is -1.05. The Labute approximate surface area is 152 Å². The first kappa shape index (κ1) is 18.1. The van der Waals surface area contributed by atoms with Crippen molar-refractivity contribution in [3.8, 4) is 0 Å². The van der Waals surface area contributed by atoms with Crippen LogP contribution in [0.15, 0.2) is 54.6 Å². The number of carbonyl (C=O) groups is 2. The lowest BCUT2D eigenvalue weighted by Crippen LogP contribution is -2.48. The quantitative estimate of drug-likeness (QED) is 0.800. The predicted molar refractivity (Wildman–Crippen MR) is 96.4 cm³/mol. The van der Waals surface area contributed by atoms with Gasteiger partial charge in [0.05, 0.1) is 5.41 Å². The molecule has 0 aromatic heterocycles. The van der Waals surface area contributed by atoms with Crippen LogP contribution in [0, 0.1) is 5.82 Å². The largest absolute Gasteiger partial charge is 0.481 e. The van der Waals surface area contributed by atoms with Crippen LogP contribution in [-0.4, -0.2) is 23.5 Å². The number of halogens is 1. The lowest BCUT2D eigenvalue weighted by molar-refractivity contribution is -0.144. The first-order valence-electron chi connectivity index (χ1n) is 8.78. The van der Waals surface area contributed by atoms with E-state index in [1.54, 1.807) is 49.4 Å². The van der Waals surface area contributed by atoms with Crippen molar-refractivity contribution in [2.24, 2.45) is 0 Å². The van der Waals surface area contributed by atoms with Crippen molar-refractivity contribution in [3.63, 3.8) is 0 Å². The summed E-state index contributed by atoms with van der Waals surface area (Å²) in [4.78, 5) is 24.9. The van der Waals surface area contributed by atoms with E-state index in [1.807, 2.05) is 6.07 Å². The highest BCUT2D eigenvalue weighted by molar-refractivity contribution is 5.92. The molecule has 26 heavy (non-hydrogen) atoms. The molecule has 0 spiro atoms. The molecule has 2 aromatic carbocycles. The number of carbonyl (C=O) groups excluding carboxylic acids is 1. The molecule has 1 unspecified atom stereocenters. The maximum atomic E-state index is 14.1. The SMILES string of the molecule is CCC(CNC(=O)C1(c2ccccc2F)CC1)(C(=O)O)c1ccccc1. The molecule has 1 aliphatic carbocycles. The molecule has 5 heteroatoms. The number of hydrogen-bond donors (Lipinski definition) is 2. The molecule has 2 N–H and O–H groups in total. The molecule has 1 atom stereocenters. The lowest BCUT2D eigenvalue weighted by atomic mass is 9.77.